The average Bonchev–Trinajstić information content (AvgIpc) is 2.03. The highest BCUT2D eigenvalue weighted by Gasteiger charge is 2.08. The molecule has 0 aromatic rings. The lowest BCUT2D eigenvalue weighted by molar-refractivity contribution is -0.174. The third kappa shape index (κ3) is 2.64. The summed E-state index contributed by atoms with van der Waals surface area (Å²) in [4.78, 5) is 5.22. The molecule has 1 N–H and O–H groups in total. The third-order valence-electron chi connectivity index (χ3n) is 1.68. The zero-order chi connectivity index (χ0) is 7.23. The van der Waals surface area contributed by atoms with Crippen molar-refractivity contribution in [3.8, 4) is 0 Å². The zero-order valence-corrected chi connectivity index (χ0v) is 6.25. The fourth-order valence-corrected chi connectivity index (χ4v) is 1.16. The molecule has 0 unspecified atom stereocenters. The van der Waals surface area contributed by atoms with E-state index in [2.05, 4.69) is 0 Å². The van der Waals surface area contributed by atoms with Crippen LogP contribution >= 0.6 is 0 Å². The maximum absolute atomic E-state index is 8.45. The van der Waals surface area contributed by atoms with Gasteiger partial charge in [-0.2, -0.15) is 5.06 Å². The molecule has 1 fully saturated rings. The van der Waals surface area contributed by atoms with Crippen molar-refractivity contribution < 1.29 is 9.94 Å². The Morgan fingerprint density at radius 1 is 1.20 bits per heavy atom. The largest absolute Gasteiger partial charge is 0.394 e. The maximum Gasteiger partial charge on any atom is 0.0916 e. The van der Waals surface area contributed by atoms with Crippen LogP contribution in [0.5, 0.6) is 0 Å². The van der Waals surface area contributed by atoms with Crippen LogP contribution in [0.4, 0.5) is 0 Å². The number of aliphatic hydroxyl groups excluding tert-OH is 1. The molecule has 1 heterocycles. The summed E-state index contributed by atoms with van der Waals surface area (Å²) in [6.07, 6.45) is 3.77. The molecular weight excluding hydrogens is 130 g/mol. The Bertz CT molecular complexity index is 81.7. The lowest BCUT2D eigenvalue weighted by atomic mass is 10.2. The van der Waals surface area contributed by atoms with Gasteiger partial charge in [-0.05, 0) is 12.8 Å². The molecule has 1 aliphatic rings. The predicted molar refractivity (Wildman–Crippen MR) is 38.5 cm³/mol. The normalized spacial score (nSPS) is 21.3. The van der Waals surface area contributed by atoms with Crippen LogP contribution in [0.15, 0.2) is 0 Å². The Labute approximate surface area is 61.5 Å². The van der Waals surface area contributed by atoms with E-state index >= 15 is 0 Å². The second-order valence-electron chi connectivity index (χ2n) is 2.55. The molecule has 0 atom stereocenters. The molecule has 0 saturated carbocycles. The van der Waals surface area contributed by atoms with E-state index in [9.17, 15) is 0 Å². The van der Waals surface area contributed by atoms with Gasteiger partial charge in [-0.15, -0.1) is 0 Å². The smallest absolute Gasteiger partial charge is 0.0916 e. The highest BCUT2D eigenvalue weighted by atomic mass is 16.7. The summed E-state index contributed by atoms with van der Waals surface area (Å²) in [5.41, 5.74) is 0. The van der Waals surface area contributed by atoms with Crippen molar-refractivity contribution in [2.75, 3.05) is 26.3 Å². The van der Waals surface area contributed by atoms with Crippen molar-refractivity contribution in [3.63, 3.8) is 0 Å². The van der Waals surface area contributed by atoms with Gasteiger partial charge < -0.3 is 5.11 Å². The van der Waals surface area contributed by atoms with E-state index in [0.717, 1.165) is 13.1 Å². The number of piperidine rings is 1. The molecule has 10 heavy (non-hydrogen) atoms. The molecule has 3 heteroatoms. The highest BCUT2D eigenvalue weighted by molar-refractivity contribution is 4.55. The lowest BCUT2D eigenvalue weighted by Gasteiger charge is -2.24. The Balaban J connectivity index is 2.02. The first-order valence-electron chi connectivity index (χ1n) is 3.92. The molecule has 0 radical (unpaired) electrons. The van der Waals surface area contributed by atoms with E-state index in [-0.39, 0.29) is 6.61 Å². The number of nitrogens with zero attached hydrogens (tertiary/aromatic N) is 1. The molecule has 0 spiro atoms. The number of hydrogen-bond acceptors (Lipinski definition) is 3. The standard InChI is InChI=1S/C7H15NO2/c9-6-7-10-8-4-2-1-3-5-8/h9H,1-7H2. The molecule has 0 aromatic carbocycles. The van der Waals surface area contributed by atoms with Gasteiger partial charge in [0.25, 0.3) is 0 Å². The van der Waals surface area contributed by atoms with Gasteiger partial charge >= 0.3 is 0 Å². The fourth-order valence-electron chi connectivity index (χ4n) is 1.16. The Hall–Kier alpha value is -0.120. The predicted octanol–water partition coefficient (Wildman–Crippen LogP) is 0.396. The maximum atomic E-state index is 8.45. The molecular formula is C7H15NO2. The summed E-state index contributed by atoms with van der Waals surface area (Å²) in [6, 6.07) is 0. The average molecular weight is 145 g/mol. The minimum absolute atomic E-state index is 0.122. The third-order valence-corrected chi connectivity index (χ3v) is 1.68. The van der Waals surface area contributed by atoms with Crippen LogP contribution in [-0.4, -0.2) is 36.5 Å². The Morgan fingerprint density at radius 2 is 1.90 bits per heavy atom. The minimum atomic E-state index is 0.122. The molecule has 1 aliphatic heterocycles. The second-order valence-corrected chi connectivity index (χ2v) is 2.55. The van der Waals surface area contributed by atoms with Crippen LogP contribution in [0.25, 0.3) is 0 Å². The molecule has 0 aromatic heterocycles. The van der Waals surface area contributed by atoms with Crippen molar-refractivity contribution in [1.29, 1.82) is 0 Å². The number of rotatable bonds is 3. The molecule has 0 bridgehead atoms. The van der Waals surface area contributed by atoms with Crippen molar-refractivity contribution in [2.45, 2.75) is 19.3 Å². The number of aliphatic hydroxyl groups is 1. The van der Waals surface area contributed by atoms with E-state index in [0.29, 0.717) is 6.61 Å². The van der Waals surface area contributed by atoms with E-state index < -0.39 is 0 Å². The van der Waals surface area contributed by atoms with Gasteiger partial charge in [0.2, 0.25) is 0 Å². The zero-order valence-electron chi connectivity index (χ0n) is 6.25. The van der Waals surface area contributed by atoms with Gasteiger partial charge in [-0.1, -0.05) is 6.42 Å². The number of hydroxylamine groups is 2. The van der Waals surface area contributed by atoms with Gasteiger partial charge in [-0.25, -0.2) is 0 Å². The van der Waals surface area contributed by atoms with Crippen LogP contribution in [-0.2, 0) is 4.84 Å². The van der Waals surface area contributed by atoms with E-state index in [1.54, 1.807) is 0 Å². The van der Waals surface area contributed by atoms with Crippen molar-refractivity contribution >= 4 is 0 Å². The fraction of sp³-hybridized carbons (Fsp3) is 1.00. The molecule has 60 valence electrons. The quantitative estimate of drug-likeness (QED) is 0.623. The van der Waals surface area contributed by atoms with Crippen LogP contribution in [0, 0.1) is 0 Å². The van der Waals surface area contributed by atoms with Crippen molar-refractivity contribution in [1.82, 2.24) is 5.06 Å². The number of hydrogen-bond donors (Lipinski definition) is 1. The van der Waals surface area contributed by atoms with Gasteiger partial charge in [0.1, 0.15) is 0 Å². The van der Waals surface area contributed by atoms with Gasteiger partial charge in [-0.3, -0.25) is 4.84 Å². The van der Waals surface area contributed by atoms with Crippen LogP contribution in [0.2, 0.25) is 0 Å². The van der Waals surface area contributed by atoms with Crippen LogP contribution < -0.4 is 0 Å². The molecule has 1 rings (SSSR count). The summed E-state index contributed by atoms with van der Waals surface area (Å²) in [5, 5.41) is 10.4. The Morgan fingerprint density at radius 3 is 2.50 bits per heavy atom. The van der Waals surface area contributed by atoms with Gasteiger partial charge in [0.15, 0.2) is 0 Å². The molecule has 0 amide bonds. The monoisotopic (exact) mass is 145 g/mol. The van der Waals surface area contributed by atoms with Crippen molar-refractivity contribution in [3.05, 3.63) is 0 Å². The summed E-state index contributed by atoms with van der Waals surface area (Å²) in [7, 11) is 0. The van der Waals surface area contributed by atoms with Crippen LogP contribution in [0.3, 0.4) is 0 Å². The summed E-state index contributed by atoms with van der Waals surface area (Å²) >= 11 is 0. The highest BCUT2D eigenvalue weighted by Crippen LogP contribution is 2.07. The molecule has 0 aliphatic carbocycles. The minimum Gasteiger partial charge on any atom is -0.394 e. The lowest BCUT2D eigenvalue weighted by Crippen LogP contribution is -2.30. The van der Waals surface area contributed by atoms with E-state index in [1.807, 2.05) is 5.06 Å². The van der Waals surface area contributed by atoms with E-state index in [1.165, 1.54) is 19.3 Å². The van der Waals surface area contributed by atoms with E-state index in [4.69, 9.17) is 9.94 Å². The summed E-state index contributed by atoms with van der Waals surface area (Å²) < 4.78 is 0. The second kappa shape index (κ2) is 4.66. The Kier molecular flexibility index (Phi) is 3.72. The summed E-state index contributed by atoms with van der Waals surface area (Å²) in [6.45, 7) is 2.62. The SMILES string of the molecule is OCCON1CCCCC1. The first-order chi connectivity index (χ1) is 4.93. The van der Waals surface area contributed by atoms with Crippen LogP contribution in [0.1, 0.15) is 19.3 Å². The first-order valence-corrected chi connectivity index (χ1v) is 3.92. The first kappa shape index (κ1) is 7.98. The topological polar surface area (TPSA) is 32.7 Å². The summed E-state index contributed by atoms with van der Waals surface area (Å²) in [5.74, 6) is 0. The van der Waals surface area contributed by atoms with Crippen molar-refractivity contribution in [2.24, 2.45) is 0 Å². The molecule has 3 nitrogen and oxygen atoms in total. The van der Waals surface area contributed by atoms with Gasteiger partial charge in [0.05, 0.1) is 13.2 Å². The molecule has 1 saturated heterocycles. The van der Waals surface area contributed by atoms with Gasteiger partial charge in [0, 0.05) is 13.1 Å².